The van der Waals surface area contributed by atoms with Crippen molar-refractivity contribution in [2.24, 2.45) is 0 Å². The number of nitriles is 1. The number of aryl methyl sites for hydroxylation is 1. The van der Waals surface area contributed by atoms with Gasteiger partial charge in [-0.2, -0.15) is 5.26 Å². The summed E-state index contributed by atoms with van der Waals surface area (Å²) >= 11 is 0. The van der Waals surface area contributed by atoms with Gasteiger partial charge in [-0.3, -0.25) is 4.79 Å². The van der Waals surface area contributed by atoms with Gasteiger partial charge in [0.15, 0.2) is 6.61 Å². The van der Waals surface area contributed by atoms with E-state index >= 15 is 0 Å². The van der Waals surface area contributed by atoms with Crippen molar-refractivity contribution in [2.45, 2.75) is 26.8 Å². The molecule has 152 valence electrons. The molecule has 0 N–H and O–H groups in total. The van der Waals surface area contributed by atoms with Crippen LogP contribution in [-0.4, -0.2) is 68.0 Å². The van der Waals surface area contributed by atoms with Crippen molar-refractivity contribution in [3.8, 4) is 6.07 Å². The fraction of sp³-hybridized carbons (Fsp3) is 0.550. The molecule has 8 heteroatoms. The predicted molar refractivity (Wildman–Crippen MR) is 102 cm³/mol. The third kappa shape index (κ3) is 5.21. The van der Waals surface area contributed by atoms with Gasteiger partial charge in [-0.05, 0) is 38.5 Å². The fourth-order valence-corrected chi connectivity index (χ4v) is 3.34. The Bertz CT molecular complexity index is 784. The van der Waals surface area contributed by atoms with Crippen LogP contribution in [0.4, 0.5) is 0 Å². The summed E-state index contributed by atoms with van der Waals surface area (Å²) in [6.07, 6.45) is 1.50. The summed E-state index contributed by atoms with van der Waals surface area (Å²) < 4.78 is 17.6. The van der Waals surface area contributed by atoms with E-state index in [1.54, 1.807) is 12.0 Å². The molecule has 0 aliphatic carbocycles. The number of amides is 1. The standard InChI is InChI=1S/C20H27N3O5/c1-14-9-17(16(3)23(14)15(2)12-26-4)10-18(11-21)20(25)28-13-19(24)22-5-7-27-8-6-22/h9-10,15H,5-8,12-13H2,1-4H3/b18-10+/t15-/m0/s1. The molecule has 1 aliphatic rings. The second kappa shape index (κ2) is 10.1. The minimum Gasteiger partial charge on any atom is -0.451 e. The number of hydrogen-bond donors (Lipinski definition) is 0. The van der Waals surface area contributed by atoms with Gasteiger partial charge in [0.1, 0.15) is 11.6 Å². The smallest absolute Gasteiger partial charge is 0.349 e. The van der Waals surface area contributed by atoms with Crippen LogP contribution >= 0.6 is 0 Å². The Morgan fingerprint density at radius 2 is 2.04 bits per heavy atom. The zero-order valence-electron chi connectivity index (χ0n) is 16.9. The van der Waals surface area contributed by atoms with Gasteiger partial charge >= 0.3 is 5.97 Å². The lowest BCUT2D eigenvalue weighted by molar-refractivity contribution is -0.150. The quantitative estimate of drug-likeness (QED) is 0.400. The fourth-order valence-electron chi connectivity index (χ4n) is 3.34. The van der Waals surface area contributed by atoms with Crippen molar-refractivity contribution in [1.29, 1.82) is 5.26 Å². The molecule has 0 radical (unpaired) electrons. The number of hydrogen-bond acceptors (Lipinski definition) is 6. The van der Waals surface area contributed by atoms with E-state index in [9.17, 15) is 14.9 Å². The summed E-state index contributed by atoms with van der Waals surface area (Å²) in [5.74, 6) is -1.10. The summed E-state index contributed by atoms with van der Waals surface area (Å²) in [4.78, 5) is 25.9. The highest BCUT2D eigenvalue weighted by atomic mass is 16.5. The molecule has 0 spiro atoms. The molecule has 1 fully saturated rings. The van der Waals surface area contributed by atoms with E-state index in [1.165, 1.54) is 6.08 Å². The minimum absolute atomic E-state index is 0.121. The number of morpholine rings is 1. The molecule has 8 nitrogen and oxygen atoms in total. The van der Waals surface area contributed by atoms with Crippen LogP contribution in [0.25, 0.3) is 6.08 Å². The Labute approximate surface area is 165 Å². The van der Waals surface area contributed by atoms with Gasteiger partial charge in [-0.1, -0.05) is 0 Å². The van der Waals surface area contributed by atoms with E-state index < -0.39 is 5.97 Å². The molecule has 1 aromatic rings. The minimum atomic E-state index is -0.807. The monoisotopic (exact) mass is 389 g/mol. The maximum atomic E-state index is 12.3. The molecule has 0 unspecified atom stereocenters. The molecular weight excluding hydrogens is 362 g/mol. The number of methoxy groups -OCH3 is 1. The van der Waals surface area contributed by atoms with Gasteiger partial charge in [-0.15, -0.1) is 0 Å². The molecule has 0 saturated carbocycles. The van der Waals surface area contributed by atoms with Crippen LogP contribution in [-0.2, 0) is 23.8 Å². The normalized spacial score (nSPS) is 15.8. The van der Waals surface area contributed by atoms with Crippen LogP contribution in [0.15, 0.2) is 11.6 Å². The first kappa shape index (κ1) is 21.7. The number of aromatic nitrogens is 1. The molecule has 1 saturated heterocycles. The maximum Gasteiger partial charge on any atom is 0.349 e. The SMILES string of the molecule is COC[C@H](C)n1c(C)cc(/C=C(\C#N)C(=O)OCC(=O)N2CCOCC2)c1C. The first-order chi connectivity index (χ1) is 13.4. The van der Waals surface area contributed by atoms with Crippen LogP contribution in [0.5, 0.6) is 0 Å². The highest BCUT2D eigenvalue weighted by Crippen LogP contribution is 2.23. The third-order valence-corrected chi connectivity index (χ3v) is 4.70. The number of carbonyl (C=O) groups is 2. The molecule has 28 heavy (non-hydrogen) atoms. The van der Waals surface area contributed by atoms with Gasteiger partial charge in [0.25, 0.3) is 5.91 Å². The summed E-state index contributed by atoms with van der Waals surface area (Å²) in [6, 6.07) is 3.90. The Hall–Kier alpha value is -2.63. The Balaban J connectivity index is 2.08. The van der Waals surface area contributed by atoms with Crippen LogP contribution in [0.2, 0.25) is 0 Å². The molecule has 0 bridgehead atoms. The molecule has 1 atom stereocenters. The van der Waals surface area contributed by atoms with E-state index in [0.29, 0.717) is 32.9 Å². The Kier molecular flexibility index (Phi) is 7.79. The zero-order valence-corrected chi connectivity index (χ0v) is 16.9. The lowest BCUT2D eigenvalue weighted by Gasteiger charge is -2.26. The zero-order chi connectivity index (χ0) is 20.7. The Morgan fingerprint density at radius 1 is 1.36 bits per heavy atom. The van der Waals surface area contributed by atoms with Crippen molar-refractivity contribution >= 4 is 18.0 Å². The predicted octanol–water partition coefficient (Wildman–Crippen LogP) is 1.62. The molecule has 2 heterocycles. The second-order valence-corrected chi connectivity index (χ2v) is 6.74. The van der Waals surface area contributed by atoms with Gasteiger partial charge in [0, 0.05) is 31.6 Å². The van der Waals surface area contributed by atoms with Gasteiger partial charge < -0.3 is 23.7 Å². The van der Waals surface area contributed by atoms with Crippen molar-refractivity contribution in [2.75, 3.05) is 46.6 Å². The number of carbonyl (C=O) groups excluding carboxylic acids is 2. The van der Waals surface area contributed by atoms with Crippen LogP contribution < -0.4 is 0 Å². The highest BCUT2D eigenvalue weighted by Gasteiger charge is 2.20. The first-order valence-corrected chi connectivity index (χ1v) is 9.20. The van der Waals surface area contributed by atoms with E-state index in [0.717, 1.165) is 17.0 Å². The van der Waals surface area contributed by atoms with Crippen molar-refractivity contribution in [3.05, 3.63) is 28.6 Å². The number of esters is 1. The maximum absolute atomic E-state index is 12.3. The summed E-state index contributed by atoms with van der Waals surface area (Å²) in [5.41, 5.74) is 2.54. The number of ether oxygens (including phenoxy) is 3. The van der Waals surface area contributed by atoms with Crippen molar-refractivity contribution in [1.82, 2.24) is 9.47 Å². The van der Waals surface area contributed by atoms with Crippen molar-refractivity contribution < 1.29 is 23.8 Å². The molecule has 1 aliphatic heterocycles. The number of nitrogens with zero attached hydrogens (tertiary/aromatic N) is 3. The van der Waals surface area contributed by atoms with E-state index in [1.807, 2.05) is 32.9 Å². The summed E-state index contributed by atoms with van der Waals surface area (Å²) in [6.45, 7) is 7.98. The van der Waals surface area contributed by atoms with Crippen molar-refractivity contribution in [3.63, 3.8) is 0 Å². The van der Waals surface area contributed by atoms with E-state index in [4.69, 9.17) is 14.2 Å². The second-order valence-electron chi connectivity index (χ2n) is 6.74. The van der Waals surface area contributed by atoms with Gasteiger partial charge in [0.05, 0.1) is 25.9 Å². The van der Waals surface area contributed by atoms with Crippen LogP contribution in [0, 0.1) is 25.2 Å². The summed E-state index contributed by atoms with van der Waals surface area (Å²) in [7, 11) is 1.65. The van der Waals surface area contributed by atoms with Gasteiger partial charge in [-0.25, -0.2) is 4.79 Å². The highest BCUT2D eigenvalue weighted by molar-refractivity contribution is 5.99. The molecular formula is C20H27N3O5. The average molecular weight is 389 g/mol. The van der Waals surface area contributed by atoms with Crippen LogP contribution in [0.1, 0.15) is 29.9 Å². The van der Waals surface area contributed by atoms with Crippen LogP contribution in [0.3, 0.4) is 0 Å². The third-order valence-electron chi connectivity index (χ3n) is 4.70. The molecule has 2 rings (SSSR count). The number of rotatable bonds is 7. The molecule has 0 aromatic carbocycles. The lowest BCUT2D eigenvalue weighted by Crippen LogP contribution is -2.42. The topological polar surface area (TPSA) is 93.8 Å². The Morgan fingerprint density at radius 3 is 2.64 bits per heavy atom. The lowest BCUT2D eigenvalue weighted by atomic mass is 10.1. The largest absolute Gasteiger partial charge is 0.451 e. The first-order valence-electron chi connectivity index (χ1n) is 9.20. The van der Waals surface area contributed by atoms with Gasteiger partial charge in [0.2, 0.25) is 0 Å². The average Bonchev–Trinajstić information content (AvgIpc) is 2.97. The van der Waals surface area contributed by atoms with E-state index in [-0.39, 0.29) is 24.1 Å². The molecule has 1 amide bonds. The summed E-state index contributed by atoms with van der Waals surface area (Å²) in [5, 5.41) is 9.37. The van der Waals surface area contributed by atoms with E-state index in [2.05, 4.69) is 4.57 Å². The molecule has 1 aromatic heterocycles.